The molecule has 100 valence electrons. The molecule has 1 heterocycles. The Morgan fingerprint density at radius 2 is 2.05 bits per heavy atom. The summed E-state index contributed by atoms with van der Waals surface area (Å²) in [6, 6.07) is 9.87. The molecule has 0 aliphatic heterocycles. The molecule has 0 unspecified atom stereocenters. The highest BCUT2D eigenvalue weighted by molar-refractivity contribution is 5.28. The van der Waals surface area contributed by atoms with Crippen LogP contribution in [0.2, 0.25) is 0 Å². The SMILES string of the molecule is OC1CC(CNCc2cnn(-c3ccccc3)n2)C1. The maximum atomic E-state index is 9.21. The predicted molar refractivity (Wildman–Crippen MR) is 71.8 cm³/mol. The third-order valence-electron chi connectivity index (χ3n) is 3.48. The van der Waals surface area contributed by atoms with E-state index in [4.69, 9.17) is 0 Å². The van der Waals surface area contributed by atoms with Crippen LogP contribution in [0.15, 0.2) is 36.5 Å². The predicted octanol–water partition coefficient (Wildman–Crippen LogP) is 1.13. The van der Waals surface area contributed by atoms with E-state index in [1.807, 2.05) is 30.3 Å². The molecular weight excluding hydrogens is 240 g/mol. The summed E-state index contributed by atoms with van der Waals surface area (Å²) < 4.78 is 0. The minimum atomic E-state index is -0.0780. The molecule has 5 heteroatoms. The Hall–Kier alpha value is -1.72. The first kappa shape index (κ1) is 12.3. The quantitative estimate of drug-likeness (QED) is 0.844. The van der Waals surface area contributed by atoms with Crippen molar-refractivity contribution in [2.75, 3.05) is 6.54 Å². The number of aromatic nitrogens is 3. The van der Waals surface area contributed by atoms with Crippen LogP contribution < -0.4 is 5.32 Å². The molecule has 0 amide bonds. The van der Waals surface area contributed by atoms with Gasteiger partial charge in [0.05, 0.1) is 23.7 Å². The molecule has 2 N–H and O–H groups in total. The number of aliphatic hydroxyl groups is 1. The summed E-state index contributed by atoms with van der Waals surface area (Å²) in [5, 5.41) is 21.3. The topological polar surface area (TPSA) is 63.0 Å². The molecule has 19 heavy (non-hydrogen) atoms. The second-order valence-corrected chi connectivity index (χ2v) is 5.08. The van der Waals surface area contributed by atoms with Crippen LogP contribution in [-0.4, -0.2) is 32.7 Å². The summed E-state index contributed by atoms with van der Waals surface area (Å²) in [5.74, 6) is 0.610. The van der Waals surface area contributed by atoms with Gasteiger partial charge in [-0.1, -0.05) is 18.2 Å². The third-order valence-corrected chi connectivity index (χ3v) is 3.48. The Balaban J connectivity index is 1.51. The Morgan fingerprint density at radius 3 is 2.79 bits per heavy atom. The van der Waals surface area contributed by atoms with Gasteiger partial charge in [0.25, 0.3) is 0 Å². The Kier molecular flexibility index (Phi) is 3.57. The van der Waals surface area contributed by atoms with Crippen LogP contribution in [-0.2, 0) is 6.54 Å². The number of rotatable bonds is 5. The molecule has 2 aromatic rings. The highest BCUT2D eigenvalue weighted by Crippen LogP contribution is 2.26. The van der Waals surface area contributed by atoms with Crippen molar-refractivity contribution in [1.29, 1.82) is 0 Å². The zero-order valence-electron chi connectivity index (χ0n) is 10.7. The van der Waals surface area contributed by atoms with E-state index in [0.29, 0.717) is 5.92 Å². The van der Waals surface area contributed by atoms with Gasteiger partial charge in [0.1, 0.15) is 0 Å². The fourth-order valence-corrected chi connectivity index (χ4v) is 2.33. The van der Waals surface area contributed by atoms with E-state index in [2.05, 4.69) is 15.5 Å². The lowest BCUT2D eigenvalue weighted by Crippen LogP contribution is -2.35. The molecule has 1 aliphatic carbocycles. The molecule has 3 rings (SSSR count). The van der Waals surface area contributed by atoms with Crippen LogP contribution >= 0.6 is 0 Å². The van der Waals surface area contributed by atoms with Crippen molar-refractivity contribution in [2.45, 2.75) is 25.5 Å². The Bertz CT molecular complexity index is 519. The summed E-state index contributed by atoms with van der Waals surface area (Å²) in [5.41, 5.74) is 1.90. The van der Waals surface area contributed by atoms with E-state index in [-0.39, 0.29) is 6.10 Å². The van der Waals surface area contributed by atoms with Gasteiger partial charge >= 0.3 is 0 Å². The van der Waals surface area contributed by atoms with E-state index >= 15 is 0 Å². The summed E-state index contributed by atoms with van der Waals surface area (Å²) in [6.45, 7) is 1.66. The molecule has 0 saturated heterocycles. The number of hydrogen-bond acceptors (Lipinski definition) is 4. The van der Waals surface area contributed by atoms with E-state index in [1.165, 1.54) is 0 Å². The second kappa shape index (κ2) is 5.50. The van der Waals surface area contributed by atoms with Gasteiger partial charge in [-0.25, -0.2) is 0 Å². The minimum Gasteiger partial charge on any atom is -0.393 e. The van der Waals surface area contributed by atoms with Gasteiger partial charge in [-0.2, -0.15) is 15.0 Å². The Morgan fingerprint density at radius 1 is 1.26 bits per heavy atom. The van der Waals surface area contributed by atoms with Crippen LogP contribution in [0.3, 0.4) is 0 Å². The van der Waals surface area contributed by atoms with E-state index in [9.17, 15) is 5.11 Å². The lowest BCUT2D eigenvalue weighted by atomic mass is 9.82. The van der Waals surface area contributed by atoms with Gasteiger partial charge in [0, 0.05) is 6.54 Å². The van der Waals surface area contributed by atoms with Crippen molar-refractivity contribution in [3.63, 3.8) is 0 Å². The van der Waals surface area contributed by atoms with Gasteiger partial charge in [0.15, 0.2) is 0 Å². The molecule has 1 aliphatic rings. The fraction of sp³-hybridized carbons (Fsp3) is 0.429. The van der Waals surface area contributed by atoms with Crippen molar-refractivity contribution in [2.24, 2.45) is 5.92 Å². The van der Waals surface area contributed by atoms with E-state index < -0.39 is 0 Å². The molecule has 0 radical (unpaired) electrons. The first-order chi connectivity index (χ1) is 9.31. The minimum absolute atomic E-state index is 0.0780. The molecule has 1 saturated carbocycles. The monoisotopic (exact) mass is 258 g/mol. The molecule has 5 nitrogen and oxygen atoms in total. The van der Waals surface area contributed by atoms with Crippen molar-refractivity contribution in [3.8, 4) is 5.69 Å². The number of nitrogens with one attached hydrogen (secondary N) is 1. The van der Waals surface area contributed by atoms with Gasteiger partial charge < -0.3 is 10.4 Å². The Labute approximate surface area is 112 Å². The highest BCUT2D eigenvalue weighted by Gasteiger charge is 2.26. The smallest absolute Gasteiger partial charge is 0.0969 e. The molecule has 0 spiro atoms. The molecule has 1 aromatic heterocycles. The van der Waals surface area contributed by atoms with Gasteiger partial charge in [0.2, 0.25) is 0 Å². The molecule has 1 aromatic carbocycles. The fourth-order valence-electron chi connectivity index (χ4n) is 2.33. The van der Waals surface area contributed by atoms with E-state index in [1.54, 1.807) is 11.0 Å². The van der Waals surface area contributed by atoms with Crippen molar-refractivity contribution in [1.82, 2.24) is 20.3 Å². The van der Waals surface area contributed by atoms with Crippen LogP contribution in [0.1, 0.15) is 18.5 Å². The summed E-state index contributed by atoms with van der Waals surface area (Å²) in [7, 11) is 0. The van der Waals surface area contributed by atoms with Crippen molar-refractivity contribution < 1.29 is 5.11 Å². The molecule has 0 bridgehead atoms. The average Bonchev–Trinajstić information content (AvgIpc) is 2.86. The van der Waals surface area contributed by atoms with Gasteiger partial charge in [-0.05, 0) is 37.4 Å². The largest absolute Gasteiger partial charge is 0.393 e. The number of hydrogen-bond donors (Lipinski definition) is 2. The zero-order valence-corrected chi connectivity index (χ0v) is 10.7. The summed E-state index contributed by atoms with van der Waals surface area (Å²) >= 11 is 0. The number of nitrogens with zero attached hydrogens (tertiary/aromatic N) is 3. The standard InChI is InChI=1S/C14H18N4O/c19-14-6-11(7-14)8-15-9-12-10-16-18(17-12)13-4-2-1-3-5-13/h1-5,10-11,14-15,19H,6-9H2. The maximum Gasteiger partial charge on any atom is 0.0969 e. The number of para-hydroxylation sites is 1. The van der Waals surface area contributed by atoms with Crippen LogP contribution in [0, 0.1) is 5.92 Å². The first-order valence-electron chi connectivity index (χ1n) is 6.66. The van der Waals surface area contributed by atoms with E-state index in [0.717, 1.165) is 37.3 Å². The first-order valence-corrected chi connectivity index (χ1v) is 6.66. The molecule has 1 fully saturated rings. The highest BCUT2D eigenvalue weighted by atomic mass is 16.3. The van der Waals surface area contributed by atoms with Crippen molar-refractivity contribution >= 4 is 0 Å². The lowest BCUT2D eigenvalue weighted by Gasteiger charge is -2.31. The third kappa shape index (κ3) is 3.00. The van der Waals surface area contributed by atoms with Crippen LogP contribution in [0.4, 0.5) is 0 Å². The van der Waals surface area contributed by atoms with Crippen LogP contribution in [0.25, 0.3) is 5.69 Å². The van der Waals surface area contributed by atoms with Gasteiger partial charge in [-0.3, -0.25) is 0 Å². The normalized spacial score (nSPS) is 22.2. The number of aliphatic hydroxyl groups excluding tert-OH is 1. The van der Waals surface area contributed by atoms with Crippen molar-refractivity contribution in [3.05, 3.63) is 42.2 Å². The molecule has 0 atom stereocenters. The second-order valence-electron chi connectivity index (χ2n) is 5.08. The maximum absolute atomic E-state index is 9.21. The van der Waals surface area contributed by atoms with Gasteiger partial charge in [-0.15, -0.1) is 0 Å². The average molecular weight is 258 g/mol. The lowest BCUT2D eigenvalue weighted by molar-refractivity contribution is 0.0429. The summed E-state index contributed by atoms with van der Waals surface area (Å²) in [4.78, 5) is 1.64. The summed E-state index contributed by atoms with van der Waals surface area (Å²) in [6.07, 6.45) is 3.55. The zero-order chi connectivity index (χ0) is 13.1. The number of benzene rings is 1. The molecular formula is C14H18N4O. The van der Waals surface area contributed by atoms with Crippen LogP contribution in [0.5, 0.6) is 0 Å².